The first-order valence-electron chi connectivity index (χ1n) is 6.55. The van der Waals surface area contributed by atoms with Gasteiger partial charge in [-0.25, -0.2) is 0 Å². The van der Waals surface area contributed by atoms with Gasteiger partial charge in [-0.1, -0.05) is 18.2 Å². The van der Waals surface area contributed by atoms with Crippen molar-refractivity contribution in [1.82, 2.24) is 0 Å². The van der Waals surface area contributed by atoms with Crippen molar-refractivity contribution in [3.05, 3.63) is 50.6 Å². The molecule has 19 heavy (non-hydrogen) atoms. The molecule has 0 amide bonds. The van der Waals surface area contributed by atoms with Gasteiger partial charge in [-0.15, -0.1) is 11.3 Å². The van der Waals surface area contributed by atoms with Gasteiger partial charge in [-0.2, -0.15) is 0 Å². The van der Waals surface area contributed by atoms with E-state index in [-0.39, 0.29) is 0 Å². The van der Waals surface area contributed by atoms with Gasteiger partial charge in [0.25, 0.3) is 0 Å². The van der Waals surface area contributed by atoms with Crippen molar-refractivity contribution >= 4 is 33.0 Å². The molecule has 0 bridgehead atoms. The lowest BCUT2D eigenvalue weighted by Gasteiger charge is -2.19. The van der Waals surface area contributed by atoms with Gasteiger partial charge in [0.05, 0.1) is 6.54 Å². The molecule has 1 aromatic heterocycles. The maximum Gasteiger partial charge on any atom is 0.0534 e. The summed E-state index contributed by atoms with van der Waals surface area (Å²) < 4.78 is 1.22. The summed E-state index contributed by atoms with van der Waals surface area (Å²) in [4.78, 5) is 3.87. The smallest absolute Gasteiger partial charge is 0.0534 e. The molecule has 0 aliphatic carbocycles. The molecule has 4 heteroatoms. The second-order valence-corrected chi connectivity index (χ2v) is 6.76. The molecule has 1 atom stereocenters. The predicted octanol–water partition coefficient (Wildman–Crippen LogP) is 3.96. The molecule has 2 heterocycles. The number of hydrogen-bond acceptors (Lipinski definition) is 3. The van der Waals surface area contributed by atoms with Crippen molar-refractivity contribution in [1.29, 1.82) is 0 Å². The van der Waals surface area contributed by atoms with Gasteiger partial charge < -0.3 is 10.6 Å². The molecule has 0 fully saturated rings. The lowest BCUT2D eigenvalue weighted by Crippen LogP contribution is -2.21. The van der Waals surface area contributed by atoms with Crippen molar-refractivity contribution in [2.45, 2.75) is 18.9 Å². The molecule has 1 aromatic carbocycles. The van der Waals surface area contributed by atoms with Crippen molar-refractivity contribution in [3.8, 4) is 0 Å². The molecule has 3 rings (SSSR count). The van der Waals surface area contributed by atoms with Gasteiger partial charge >= 0.3 is 0 Å². The zero-order valence-corrected chi connectivity index (χ0v) is 13.1. The molecule has 1 unspecified atom stereocenters. The van der Waals surface area contributed by atoms with Gasteiger partial charge in [-0.05, 0) is 52.0 Å². The first-order valence-corrected chi connectivity index (χ1v) is 8.22. The summed E-state index contributed by atoms with van der Waals surface area (Å²) in [7, 11) is 0. The van der Waals surface area contributed by atoms with E-state index < -0.39 is 0 Å². The topological polar surface area (TPSA) is 29.3 Å². The maximum atomic E-state index is 5.75. The average Bonchev–Trinajstić information content (AvgIpc) is 2.97. The summed E-state index contributed by atoms with van der Waals surface area (Å²) in [6.45, 7) is 2.83. The van der Waals surface area contributed by atoms with E-state index in [1.54, 1.807) is 0 Å². The number of nitrogens with zero attached hydrogens (tertiary/aromatic N) is 1. The normalized spacial score (nSPS) is 17.8. The van der Waals surface area contributed by atoms with Crippen LogP contribution in [0.3, 0.4) is 0 Å². The van der Waals surface area contributed by atoms with E-state index in [1.807, 2.05) is 11.3 Å². The van der Waals surface area contributed by atoms with Crippen LogP contribution in [0.2, 0.25) is 0 Å². The predicted molar refractivity (Wildman–Crippen MR) is 85.9 cm³/mol. The zero-order chi connectivity index (χ0) is 13.2. The Morgan fingerprint density at radius 2 is 2.16 bits per heavy atom. The number of rotatable bonds is 4. The van der Waals surface area contributed by atoms with Crippen LogP contribution >= 0.6 is 27.3 Å². The van der Waals surface area contributed by atoms with Crippen molar-refractivity contribution in [3.63, 3.8) is 0 Å². The van der Waals surface area contributed by atoms with E-state index in [9.17, 15) is 0 Å². The Hall–Kier alpha value is -0.840. The van der Waals surface area contributed by atoms with E-state index in [4.69, 9.17) is 5.73 Å². The Balaban J connectivity index is 1.86. The molecule has 100 valence electrons. The first-order chi connectivity index (χ1) is 9.29. The SMILES string of the molecule is NCCC1CN(Cc2sccc2Br)c2ccccc21. The average molecular weight is 337 g/mol. The lowest BCUT2D eigenvalue weighted by atomic mass is 9.98. The van der Waals surface area contributed by atoms with Crippen LogP contribution in [-0.2, 0) is 6.54 Å². The minimum Gasteiger partial charge on any atom is -0.365 e. The fraction of sp³-hybridized carbons (Fsp3) is 0.333. The van der Waals surface area contributed by atoms with Crippen LogP contribution in [0.25, 0.3) is 0 Å². The zero-order valence-electron chi connectivity index (χ0n) is 10.7. The van der Waals surface area contributed by atoms with Crippen molar-refractivity contribution in [2.75, 3.05) is 18.0 Å². The maximum absolute atomic E-state index is 5.75. The van der Waals surface area contributed by atoms with Crippen LogP contribution in [0.5, 0.6) is 0 Å². The Labute approximate surface area is 126 Å². The number of fused-ring (bicyclic) bond motifs is 1. The summed E-state index contributed by atoms with van der Waals surface area (Å²) in [6.07, 6.45) is 1.07. The molecule has 2 aromatic rings. The van der Waals surface area contributed by atoms with E-state index in [0.717, 1.165) is 26.1 Å². The Morgan fingerprint density at radius 1 is 1.32 bits per heavy atom. The van der Waals surface area contributed by atoms with Crippen LogP contribution in [0.15, 0.2) is 40.2 Å². The number of para-hydroxylation sites is 1. The molecule has 2 nitrogen and oxygen atoms in total. The second kappa shape index (κ2) is 5.65. The third-order valence-corrected chi connectivity index (χ3v) is 5.61. The quantitative estimate of drug-likeness (QED) is 0.915. The molecular formula is C15H17BrN2S. The van der Waals surface area contributed by atoms with Gasteiger partial charge in [0.2, 0.25) is 0 Å². The molecule has 0 saturated heterocycles. The second-order valence-electron chi connectivity index (χ2n) is 4.91. The summed E-state index contributed by atoms with van der Waals surface area (Å²) in [5.74, 6) is 0.583. The monoisotopic (exact) mass is 336 g/mol. The van der Waals surface area contributed by atoms with Crippen LogP contribution in [0.4, 0.5) is 5.69 Å². The van der Waals surface area contributed by atoms with E-state index in [2.05, 4.69) is 56.5 Å². The summed E-state index contributed by atoms with van der Waals surface area (Å²) in [5.41, 5.74) is 8.58. The van der Waals surface area contributed by atoms with Crippen LogP contribution < -0.4 is 10.6 Å². The molecular weight excluding hydrogens is 320 g/mol. The molecule has 1 aliphatic rings. The fourth-order valence-electron chi connectivity index (χ4n) is 2.79. The number of thiophene rings is 1. The first kappa shape index (κ1) is 13.2. The van der Waals surface area contributed by atoms with Gasteiger partial charge in [0.1, 0.15) is 0 Å². The molecule has 0 radical (unpaired) electrons. The lowest BCUT2D eigenvalue weighted by molar-refractivity contribution is 0.645. The highest BCUT2D eigenvalue weighted by Crippen LogP contribution is 2.39. The number of benzene rings is 1. The number of hydrogen-bond donors (Lipinski definition) is 1. The number of anilines is 1. The van der Waals surface area contributed by atoms with Crippen LogP contribution in [0.1, 0.15) is 22.8 Å². The van der Waals surface area contributed by atoms with E-state index in [0.29, 0.717) is 5.92 Å². The minimum atomic E-state index is 0.583. The standard InChI is InChI=1S/C15H17BrN2S/c16-13-6-8-19-15(13)10-18-9-11(5-7-17)12-3-1-2-4-14(12)18/h1-4,6,8,11H,5,7,9-10,17H2. The Bertz CT molecular complexity index is 567. The Kier molecular flexibility index (Phi) is 3.91. The van der Waals surface area contributed by atoms with Gasteiger partial charge in [0, 0.05) is 27.5 Å². The Morgan fingerprint density at radius 3 is 2.89 bits per heavy atom. The van der Waals surface area contributed by atoms with Crippen molar-refractivity contribution in [2.24, 2.45) is 5.73 Å². The summed E-state index contributed by atoms with van der Waals surface area (Å²) in [5, 5.41) is 2.14. The molecule has 1 aliphatic heterocycles. The van der Waals surface area contributed by atoms with Crippen molar-refractivity contribution < 1.29 is 0 Å². The van der Waals surface area contributed by atoms with Crippen LogP contribution in [-0.4, -0.2) is 13.1 Å². The third-order valence-electron chi connectivity index (χ3n) is 3.70. The summed E-state index contributed by atoms with van der Waals surface area (Å²) in [6, 6.07) is 10.9. The molecule has 0 spiro atoms. The van der Waals surface area contributed by atoms with Gasteiger partial charge in [0.15, 0.2) is 0 Å². The van der Waals surface area contributed by atoms with E-state index >= 15 is 0 Å². The highest BCUT2D eigenvalue weighted by Gasteiger charge is 2.27. The molecule has 0 saturated carbocycles. The summed E-state index contributed by atoms with van der Waals surface area (Å²) >= 11 is 5.44. The van der Waals surface area contributed by atoms with Gasteiger partial charge in [-0.3, -0.25) is 0 Å². The highest BCUT2D eigenvalue weighted by atomic mass is 79.9. The largest absolute Gasteiger partial charge is 0.365 e. The third kappa shape index (κ3) is 2.57. The minimum absolute atomic E-state index is 0.583. The fourth-order valence-corrected chi connectivity index (χ4v) is 4.28. The highest BCUT2D eigenvalue weighted by molar-refractivity contribution is 9.10. The number of nitrogens with two attached hydrogens (primary N) is 1. The van der Waals surface area contributed by atoms with Crippen LogP contribution in [0, 0.1) is 0 Å². The molecule has 2 N–H and O–H groups in total. The van der Waals surface area contributed by atoms with E-state index in [1.165, 1.54) is 20.6 Å². The number of halogens is 1.